The Morgan fingerprint density at radius 1 is 0.889 bits per heavy atom. The fourth-order valence-electron chi connectivity index (χ4n) is 1.55. The quantitative estimate of drug-likeness (QED) is 0.740. The van der Waals surface area contributed by atoms with Crippen molar-refractivity contribution in [1.29, 1.82) is 0 Å². The second-order valence-corrected chi connectivity index (χ2v) is 5.18. The van der Waals surface area contributed by atoms with Gasteiger partial charge in [0.2, 0.25) is 0 Å². The molecule has 2 aromatic carbocycles. The second kappa shape index (κ2) is 5.27. The van der Waals surface area contributed by atoms with E-state index in [1.807, 2.05) is 25.1 Å². The van der Waals surface area contributed by atoms with Gasteiger partial charge in [0.25, 0.3) is 0 Å². The maximum Gasteiger partial charge on any atom is 0.0641 e. The molecule has 3 N–H and O–H groups in total. The lowest BCUT2D eigenvalue weighted by Crippen LogP contribution is -1.97. The predicted octanol–water partition coefficient (Wildman–Crippen LogP) is 5.28. The van der Waals surface area contributed by atoms with Crippen LogP contribution in [-0.2, 0) is 0 Å². The fourth-order valence-corrected chi connectivity index (χ4v) is 2.05. The summed E-state index contributed by atoms with van der Waals surface area (Å²) in [5, 5.41) is 4.63. The van der Waals surface area contributed by atoms with Crippen LogP contribution in [0, 0.1) is 6.92 Å². The summed E-state index contributed by atoms with van der Waals surface area (Å²) < 4.78 is 0. The number of nitrogens with two attached hydrogens (primary N) is 1. The van der Waals surface area contributed by atoms with Gasteiger partial charge in [0.05, 0.1) is 32.1 Å². The van der Waals surface area contributed by atoms with E-state index in [0.29, 0.717) is 26.4 Å². The summed E-state index contributed by atoms with van der Waals surface area (Å²) in [5.41, 5.74) is 8.95. The summed E-state index contributed by atoms with van der Waals surface area (Å²) >= 11 is 17.9. The summed E-state index contributed by atoms with van der Waals surface area (Å²) in [6.45, 7) is 1.99. The first-order valence-corrected chi connectivity index (χ1v) is 6.38. The smallest absolute Gasteiger partial charge is 0.0641 e. The zero-order chi connectivity index (χ0) is 13.3. The van der Waals surface area contributed by atoms with Gasteiger partial charge in [-0.25, -0.2) is 0 Å². The van der Waals surface area contributed by atoms with Crippen molar-refractivity contribution < 1.29 is 0 Å². The molecule has 0 amide bonds. The minimum atomic E-state index is 0.426. The molecule has 0 aliphatic heterocycles. The summed E-state index contributed by atoms with van der Waals surface area (Å²) in [7, 11) is 0. The van der Waals surface area contributed by atoms with Crippen LogP contribution in [0.2, 0.25) is 15.1 Å². The molecule has 0 unspecified atom stereocenters. The van der Waals surface area contributed by atoms with Crippen molar-refractivity contribution in [3.8, 4) is 0 Å². The van der Waals surface area contributed by atoms with Crippen LogP contribution in [0.5, 0.6) is 0 Å². The van der Waals surface area contributed by atoms with Gasteiger partial charge in [0, 0.05) is 0 Å². The Morgan fingerprint density at radius 2 is 1.56 bits per heavy atom. The van der Waals surface area contributed by atoms with Gasteiger partial charge >= 0.3 is 0 Å². The van der Waals surface area contributed by atoms with E-state index in [4.69, 9.17) is 40.5 Å². The van der Waals surface area contributed by atoms with Crippen molar-refractivity contribution in [3.63, 3.8) is 0 Å². The second-order valence-electron chi connectivity index (χ2n) is 3.96. The number of halogens is 3. The number of hydrogen-bond acceptors (Lipinski definition) is 2. The van der Waals surface area contributed by atoms with Crippen LogP contribution in [0.4, 0.5) is 17.1 Å². The van der Waals surface area contributed by atoms with Crippen LogP contribution in [0.15, 0.2) is 30.3 Å². The number of nitrogen functional groups attached to an aromatic ring is 1. The van der Waals surface area contributed by atoms with Crippen molar-refractivity contribution in [2.75, 3.05) is 11.1 Å². The summed E-state index contributed by atoms with van der Waals surface area (Å²) in [4.78, 5) is 0. The predicted molar refractivity (Wildman–Crippen MR) is 80.3 cm³/mol. The third kappa shape index (κ3) is 2.83. The van der Waals surface area contributed by atoms with Gasteiger partial charge in [0.15, 0.2) is 0 Å². The van der Waals surface area contributed by atoms with Crippen LogP contribution in [0.3, 0.4) is 0 Å². The highest BCUT2D eigenvalue weighted by Gasteiger charge is 2.07. The molecule has 2 aromatic rings. The lowest BCUT2D eigenvalue weighted by Gasteiger charge is -2.12. The van der Waals surface area contributed by atoms with E-state index in [2.05, 4.69) is 5.32 Å². The standard InChI is InChI=1S/C13H11Cl3N2/c1-7-2-3-8(14)12(4-7)18-13-6-10(16)9(15)5-11(13)17/h2-6,18H,17H2,1H3. The van der Waals surface area contributed by atoms with Crippen molar-refractivity contribution in [1.82, 2.24) is 0 Å². The van der Waals surface area contributed by atoms with E-state index in [-0.39, 0.29) is 0 Å². The van der Waals surface area contributed by atoms with E-state index >= 15 is 0 Å². The number of benzene rings is 2. The monoisotopic (exact) mass is 300 g/mol. The van der Waals surface area contributed by atoms with E-state index in [1.54, 1.807) is 12.1 Å². The van der Waals surface area contributed by atoms with Gasteiger partial charge in [-0.15, -0.1) is 0 Å². The zero-order valence-corrected chi connectivity index (χ0v) is 11.9. The molecule has 0 spiro atoms. The molecule has 2 rings (SSSR count). The van der Waals surface area contributed by atoms with Gasteiger partial charge in [-0.05, 0) is 36.8 Å². The molecule has 0 aliphatic carbocycles. The molecule has 0 fully saturated rings. The highest BCUT2D eigenvalue weighted by molar-refractivity contribution is 6.42. The Balaban J connectivity index is 2.40. The lowest BCUT2D eigenvalue weighted by atomic mass is 10.2. The van der Waals surface area contributed by atoms with Crippen LogP contribution in [0.25, 0.3) is 0 Å². The SMILES string of the molecule is Cc1ccc(Cl)c(Nc2cc(Cl)c(Cl)cc2N)c1. The Hall–Kier alpha value is -1.09. The summed E-state index contributed by atoms with van der Waals surface area (Å²) in [6, 6.07) is 8.98. The van der Waals surface area contributed by atoms with Gasteiger partial charge in [-0.3, -0.25) is 0 Å². The highest BCUT2D eigenvalue weighted by Crippen LogP contribution is 2.34. The van der Waals surface area contributed by atoms with Crippen molar-refractivity contribution >= 4 is 51.9 Å². The molecule has 0 atom stereocenters. The van der Waals surface area contributed by atoms with Gasteiger partial charge < -0.3 is 11.1 Å². The first-order chi connectivity index (χ1) is 8.47. The lowest BCUT2D eigenvalue weighted by molar-refractivity contribution is 1.45. The number of aryl methyl sites for hydroxylation is 1. The van der Waals surface area contributed by atoms with Crippen molar-refractivity contribution in [2.45, 2.75) is 6.92 Å². The van der Waals surface area contributed by atoms with Crippen molar-refractivity contribution in [3.05, 3.63) is 51.0 Å². The normalized spacial score (nSPS) is 10.4. The minimum absolute atomic E-state index is 0.426. The fraction of sp³-hybridized carbons (Fsp3) is 0.0769. The Morgan fingerprint density at radius 3 is 2.28 bits per heavy atom. The first kappa shape index (κ1) is 13.3. The Bertz CT molecular complexity index is 597. The molecular formula is C13H11Cl3N2. The Kier molecular flexibility index (Phi) is 3.91. The van der Waals surface area contributed by atoms with Crippen LogP contribution in [-0.4, -0.2) is 0 Å². The minimum Gasteiger partial charge on any atom is -0.397 e. The van der Waals surface area contributed by atoms with Gasteiger partial charge in [-0.1, -0.05) is 40.9 Å². The maximum atomic E-state index is 6.11. The number of nitrogens with one attached hydrogen (secondary N) is 1. The number of rotatable bonds is 2. The molecule has 18 heavy (non-hydrogen) atoms. The molecule has 0 bridgehead atoms. The topological polar surface area (TPSA) is 38.0 Å². The zero-order valence-electron chi connectivity index (χ0n) is 9.60. The largest absolute Gasteiger partial charge is 0.397 e. The van der Waals surface area contributed by atoms with Crippen molar-refractivity contribution in [2.24, 2.45) is 0 Å². The van der Waals surface area contributed by atoms with Crippen LogP contribution in [0.1, 0.15) is 5.56 Å². The summed E-state index contributed by atoms with van der Waals surface area (Å²) in [6.07, 6.45) is 0. The van der Waals surface area contributed by atoms with E-state index in [0.717, 1.165) is 11.3 Å². The van der Waals surface area contributed by atoms with Gasteiger partial charge in [-0.2, -0.15) is 0 Å². The van der Waals surface area contributed by atoms with E-state index in [9.17, 15) is 0 Å². The average Bonchev–Trinajstić information content (AvgIpc) is 2.30. The third-order valence-corrected chi connectivity index (χ3v) is 3.54. The molecule has 0 aliphatic rings. The first-order valence-electron chi connectivity index (χ1n) is 5.25. The third-order valence-electron chi connectivity index (χ3n) is 2.48. The van der Waals surface area contributed by atoms with Gasteiger partial charge in [0.1, 0.15) is 0 Å². The molecule has 5 heteroatoms. The number of anilines is 3. The molecule has 94 valence electrons. The molecule has 0 aromatic heterocycles. The van der Waals surface area contributed by atoms with Crippen LogP contribution < -0.4 is 11.1 Å². The molecule has 0 radical (unpaired) electrons. The average molecular weight is 302 g/mol. The Labute approximate surface area is 121 Å². The molecular weight excluding hydrogens is 291 g/mol. The van der Waals surface area contributed by atoms with E-state index in [1.165, 1.54) is 0 Å². The molecule has 2 nitrogen and oxygen atoms in total. The molecule has 0 saturated heterocycles. The van der Waals surface area contributed by atoms with Crippen LogP contribution >= 0.6 is 34.8 Å². The summed E-state index contributed by atoms with van der Waals surface area (Å²) in [5.74, 6) is 0. The molecule has 0 heterocycles. The molecule has 0 saturated carbocycles. The highest BCUT2D eigenvalue weighted by atomic mass is 35.5. The number of hydrogen-bond donors (Lipinski definition) is 2. The maximum absolute atomic E-state index is 6.11. The van der Waals surface area contributed by atoms with E-state index < -0.39 is 0 Å².